The first-order chi connectivity index (χ1) is 12.0. The second-order valence-corrected chi connectivity index (χ2v) is 6.10. The molecular formula is C18H25N3O4. The molecule has 1 N–H and O–H groups in total. The fraction of sp³-hybridized carbons (Fsp3) is 0.500. The van der Waals surface area contributed by atoms with Gasteiger partial charge in [-0.25, -0.2) is 9.78 Å². The van der Waals surface area contributed by atoms with Crippen molar-refractivity contribution >= 4 is 11.9 Å². The van der Waals surface area contributed by atoms with Crippen LogP contribution in [0.3, 0.4) is 0 Å². The Balaban J connectivity index is 1.93. The summed E-state index contributed by atoms with van der Waals surface area (Å²) < 4.78 is 5.95. The molecule has 0 saturated carbocycles. The molecule has 1 fully saturated rings. The highest BCUT2D eigenvalue weighted by atomic mass is 16.5. The van der Waals surface area contributed by atoms with Gasteiger partial charge in [-0.2, -0.15) is 0 Å². The lowest BCUT2D eigenvalue weighted by molar-refractivity contribution is -0.130. The molecule has 1 atom stereocenters. The summed E-state index contributed by atoms with van der Waals surface area (Å²) in [6, 6.07) is 3.07. The highest BCUT2D eigenvalue weighted by Crippen LogP contribution is 2.14. The van der Waals surface area contributed by atoms with Crippen molar-refractivity contribution in [2.75, 3.05) is 32.7 Å². The minimum absolute atomic E-state index is 0.0648. The largest absolute Gasteiger partial charge is 0.478 e. The molecule has 1 unspecified atom stereocenters. The summed E-state index contributed by atoms with van der Waals surface area (Å²) >= 11 is 0. The van der Waals surface area contributed by atoms with Crippen LogP contribution in [-0.4, -0.2) is 70.6 Å². The SMILES string of the molecule is C=CCCC(CN1CCN(C(C)=O)CC1)Oc1ccc(C(=O)O)cn1. The first-order valence-corrected chi connectivity index (χ1v) is 8.44. The van der Waals surface area contributed by atoms with E-state index in [2.05, 4.69) is 16.5 Å². The monoisotopic (exact) mass is 347 g/mol. The number of amides is 1. The maximum atomic E-state index is 11.4. The molecule has 0 radical (unpaired) electrons. The molecule has 1 saturated heterocycles. The van der Waals surface area contributed by atoms with Gasteiger partial charge in [0.05, 0.1) is 5.56 Å². The van der Waals surface area contributed by atoms with Crippen molar-refractivity contribution in [1.82, 2.24) is 14.8 Å². The number of allylic oxidation sites excluding steroid dienone is 1. The lowest BCUT2D eigenvalue weighted by Gasteiger charge is -2.35. The number of carboxylic acid groups (broad SMARTS) is 1. The van der Waals surface area contributed by atoms with Gasteiger partial charge in [0.25, 0.3) is 0 Å². The van der Waals surface area contributed by atoms with Crippen LogP contribution in [0.5, 0.6) is 5.88 Å². The Kier molecular flexibility index (Phi) is 6.94. The number of carboxylic acids is 1. The fourth-order valence-electron chi connectivity index (χ4n) is 2.77. The number of nitrogens with zero attached hydrogens (tertiary/aromatic N) is 3. The highest BCUT2D eigenvalue weighted by molar-refractivity contribution is 5.87. The van der Waals surface area contributed by atoms with Crippen molar-refractivity contribution in [3.8, 4) is 5.88 Å². The van der Waals surface area contributed by atoms with Gasteiger partial charge in [0, 0.05) is 51.9 Å². The van der Waals surface area contributed by atoms with Crippen LogP contribution in [0.15, 0.2) is 31.0 Å². The molecule has 136 valence electrons. The van der Waals surface area contributed by atoms with Crippen LogP contribution >= 0.6 is 0 Å². The molecule has 1 aliphatic heterocycles. The third kappa shape index (κ3) is 5.86. The van der Waals surface area contributed by atoms with E-state index in [0.717, 1.165) is 45.6 Å². The fourth-order valence-corrected chi connectivity index (χ4v) is 2.77. The van der Waals surface area contributed by atoms with Gasteiger partial charge in [0.1, 0.15) is 6.10 Å². The van der Waals surface area contributed by atoms with Crippen LogP contribution in [0.1, 0.15) is 30.1 Å². The number of aromatic carboxylic acids is 1. The maximum absolute atomic E-state index is 11.4. The molecule has 7 heteroatoms. The Morgan fingerprint density at radius 1 is 1.36 bits per heavy atom. The molecule has 2 heterocycles. The van der Waals surface area contributed by atoms with Crippen molar-refractivity contribution in [3.05, 3.63) is 36.5 Å². The van der Waals surface area contributed by atoms with E-state index < -0.39 is 5.97 Å². The van der Waals surface area contributed by atoms with E-state index in [1.165, 1.54) is 12.3 Å². The van der Waals surface area contributed by atoms with Gasteiger partial charge in [-0.15, -0.1) is 6.58 Å². The van der Waals surface area contributed by atoms with E-state index in [-0.39, 0.29) is 17.6 Å². The van der Waals surface area contributed by atoms with Crippen LogP contribution in [0, 0.1) is 0 Å². The molecule has 7 nitrogen and oxygen atoms in total. The van der Waals surface area contributed by atoms with Crippen LogP contribution < -0.4 is 4.74 Å². The topological polar surface area (TPSA) is 83.0 Å². The Morgan fingerprint density at radius 2 is 2.08 bits per heavy atom. The lowest BCUT2D eigenvalue weighted by Crippen LogP contribution is -2.50. The van der Waals surface area contributed by atoms with Crippen LogP contribution in [0.4, 0.5) is 0 Å². The van der Waals surface area contributed by atoms with Crippen LogP contribution in [0.25, 0.3) is 0 Å². The number of hydrogen-bond acceptors (Lipinski definition) is 5. The average molecular weight is 347 g/mol. The molecule has 1 aromatic heterocycles. The average Bonchev–Trinajstić information content (AvgIpc) is 2.60. The number of rotatable bonds is 8. The van der Waals surface area contributed by atoms with Gasteiger partial charge in [-0.3, -0.25) is 9.69 Å². The zero-order valence-corrected chi connectivity index (χ0v) is 14.6. The first-order valence-electron chi connectivity index (χ1n) is 8.44. The highest BCUT2D eigenvalue weighted by Gasteiger charge is 2.22. The second kappa shape index (κ2) is 9.17. The Labute approximate surface area is 147 Å². The predicted octanol–water partition coefficient (Wildman–Crippen LogP) is 1.66. The Bertz CT molecular complexity index is 595. The number of piperazine rings is 1. The van der Waals surface area contributed by atoms with E-state index in [1.807, 2.05) is 11.0 Å². The third-order valence-corrected chi connectivity index (χ3v) is 4.24. The van der Waals surface area contributed by atoms with Crippen LogP contribution in [-0.2, 0) is 4.79 Å². The summed E-state index contributed by atoms with van der Waals surface area (Å²) in [5.41, 5.74) is 0.135. The van der Waals surface area contributed by atoms with Gasteiger partial charge < -0.3 is 14.7 Å². The zero-order valence-electron chi connectivity index (χ0n) is 14.6. The number of hydrogen-bond donors (Lipinski definition) is 1. The zero-order chi connectivity index (χ0) is 18.2. The summed E-state index contributed by atoms with van der Waals surface area (Å²) in [5, 5.41) is 8.92. The molecule has 1 aliphatic rings. The second-order valence-electron chi connectivity index (χ2n) is 6.10. The van der Waals surface area contributed by atoms with E-state index in [4.69, 9.17) is 9.84 Å². The lowest BCUT2D eigenvalue weighted by atomic mass is 10.1. The van der Waals surface area contributed by atoms with Crippen LogP contribution in [0.2, 0.25) is 0 Å². The molecule has 1 amide bonds. The summed E-state index contributed by atoms with van der Waals surface area (Å²) in [5.74, 6) is -0.478. The minimum Gasteiger partial charge on any atom is -0.478 e. The standard InChI is InChI=1S/C18H25N3O4/c1-3-4-5-16(13-20-8-10-21(11-9-20)14(2)22)25-17-7-6-15(12-19-17)18(23)24/h3,6-7,12,16H,1,4-5,8-11,13H2,2H3,(H,23,24). The summed E-state index contributed by atoms with van der Waals surface area (Å²) in [6.07, 6.45) is 4.72. The number of ether oxygens (including phenoxy) is 1. The molecule has 1 aromatic rings. The van der Waals surface area contributed by atoms with Gasteiger partial charge in [-0.05, 0) is 18.9 Å². The summed E-state index contributed by atoms with van der Waals surface area (Å²) in [4.78, 5) is 30.5. The minimum atomic E-state index is -1.01. The van der Waals surface area contributed by atoms with Gasteiger partial charge >= 0.3 is 5.97 Å². The van der Waals surface area contributed by atoms with Gasteiger partial charge in [0.2, 0.25) is 11.8 Å². The normalized spacial score (nSPS) is 16.3. The molecule has 0 aliphatic carbocycles. The first kappa shape index (κ1) is 18.9. The van der Waals surface area contributed by atoms with E-state index in [0.29, 0.717) is 5.88 Å². The van der Waals surface area contributed by atoms with Gasteiger partial charge in [0.15, 0.2) is 0 Å². The van der Waals surface area contributed by atoms with Crippen molar-refractivity contribution in [2.45, 2.75) is 25.9 Å². The van der Waals surface area contributed by atoms with E-state index in [1.54, 1.807) is 13.0 Å². The molecule has 25 heavy (non-hydrogen) atoms. The number of carbonyl (C=O) groups excluding carboxylic acids is 1. The Morgan fingerprint density at radius 3 is 2.60 bits per heavy atom. The Hall–Kier alpha value is -2.41. The maximum Gasteiger partial charge on any atom is 0.337 e. The predicted molar refractivity (Wildman–Crippen MR) is 93.7 cm³/mol. The van der Waals surface area contributed by atoms with E-state index in [9.17, 15) is 9.59 Å². The van der Waals surface area contributed by atoms with Gasteiger partial charge in [-0.1, -0.05) is 6.08 Å². The van der Waals surface area contributed by atoms with Crippen molar-refractivity contribution in [3.63, 3.8) is 0 Å². The van der Waals surface area contributed by atoms with E-state index >= 15 is 0 Å². The number of pyridine rings is 1. The number of aromatic nitrogens is 1. The van der Waals surface area contributed by atoms with Crippen molar-refractivity contribution < 1.29 is 19.4 Å². The summed E-state index contributed by atoms with van der Waals surface area (Å²) in [7, 11) is 0. The molecule has 2 rings (SSSR count). The number of carbonyl (C=O) groups is 2. The molecule has 0 aromatic carbocycles. The third-order valence-electron chi connectivity index (χ3n) is 4.24. The quantitative estimate of drug-likeness (QED) is 0.720. The smallest absolute Gasteiger partial charge is 0.337 e. The van der Waals surface area contributed by atoms with Crippen molar-refractivity contribution in [2.24, 2.45) is 0 Å². The molecule has 0 bridgehead atoms. The van der Waals surface area contributed by atoms with Crippen molar-refractivity contribution in [1.29, 1.82) is 0 Å². The molecular weight excluding hydrogens is 322 g/mol. The summed E-state index contributed by atoms with van der Waals surface area (Å²) in [6.45, 7) is 9.19. The molecule has 0 spiro atoms.